The fourth-order valence-corrected chi connectivity index (χ4v) is 2.36. The van der Waals surface area contributed by atoms with Gasteiger partial charge >= 0.3 is 12.0 Å². The third kappa shape index (κ3) is 2.86. The summed E-state index contributed by atoms with van der Waals surface area (Å²) < 4.78 is 0. The SMILES string of the molecule is CC(C)c1ccccc1N1CC(CC(=O)O)NC1=O. The van der Waals surface area contributed by atoms with E-state index in [-0.39, 0.29) is 18.5 Å². The van der Waals surface area contributed by atoms with E-state index in [1.165, 1.54) is 0 Å². The van der Waals surface area contributed by atoms with Gasteiger partial charge in [-0.1, -0.05) is 32.0 Å². The Morgan fingerprint density at radius 2 is 2.16 bits per heavy atom. The van der Waals surface area contributed by atoms with E-state index < -0.39 is 5.97 Å². The Morgan fingerprint density at radius 3 is 2.79 bits per heavy atom. The van der Waals surface area contributed by atoms with E-state index in [1.807, 2.05) is 24.3 Å². The number of nitrogens with zero attached hydrogens (tertiary/aromatic N) is 1. The monoisotopic (exact) mass is 262 g/mol. The molecule has 1 saturated heterocycles. The van der Waals surface area contributed by atoms with Crippen molar-refractivity contribution in [3.05, 3.63) is 29.8 Å². The van der Waals surface area contributed by atoms with Crippen LogP contribution in [0.3, 0.4) is 0 Å². The predicted molar refractivity (Wildman–Crippen MR) is 72.4 cm³/mol. The van der Waals surface area contributed by atoms with E-state index in [0.29, 0.717) is 12.5 Å². The summed E-state index contributed by atoms with van der Waals surface area (Å²) in [6.45, 7) is 4.54. The molecule has 5 heteroatoms. The maximum absolute atomic E-state index is 12.0. The number of carboxylic acid groups (broad SMARTS) is 1. The molecule has 1 aliphatic heterocycles. The molecule has 0 saturated carbocycles. The highest BCUT2D eigenvalue weighted by atomic mass is 16.4. The van der Waals surface area contributed by atoms with Crippen LogP contribution in [0.2, 0.25) is 0 Å². The van der Waals surface area contributed by atoms with Crippen LogP contribution < -0.4 is 10.2 Å². The highest BCUT2D eigenvalue weighted by molar-refractivity contribution is 5.95. The molecule has 19 heavy (non-hydrogen) atoms. The van der Waals surface area contributed by atoms with Crippen LogP contribution in [-0.2, 0) is 4.79 Å². The van der Waals surface area contributed by atoms with Crippen LogP contribution in [0.5, 0.6) is 0 Å². The molecule has 2 rings (SSSR count). The minimum absolute atomic E-state index is 0.0495. The molecule has 0 aromatic heterocycles. The van der Waals surface area contributed by atoms with Crippen molar-refractivity contribution in [2.75, 3.05) is 11.4 Å². The van der Waals surface area contributed by atoms with Crippen molar-refractivity contribution >= 4 is 17.7 Å². The number of carboxylic acids is 1. The fourth-order valence-electron chi connectivity index (χ4n) is 2.36. The topological polar surface area (TPSA) is 69.6 Å². The third-order valence-corrected chi connectivity index (χ3v) is 3.25. The minimum atomic E-state index is -0.899. The molecule has 1 aliphatic rings. The van der Waals surface area contributed by atoms with Crippen LogP contribution in [0.4, 0.5) is 10.5 Å². The minimum Gasteiger partial charge on any atom is -0.481 e. The van der Waals surface area contributed by atoms with Gasteiger partial charge in [0.1, 0.15) is 0 Å². The normalized spacial score (nSPS) is 18.8. The van der Waals surface area contributed by atoms with Crippen LogP contribution in [0, 0.1) is 0 Å². The van der Waals surface area contributed by atoms with Gasteiger partial charge in [-0.3, -0.25) is 9.69 Å². The zero-order valence-electron chi connectivity index (χ0n) is 11.1. The van der Waals surface area contributed by atoms with E-state index in [1.54, 1.807) is 4.90 Å². The number of carbonyl (C=O) groups excluding carboxylic acids is 1. The van der Waals surface area contributed by atoms with Gasteiger partial charge in [0.2, 0.25) is 0 Å². The maximum Gasteiger partial charge on any atom is 0.322 e. The summed E-state index contributed by atoms with van der Waals surface area (Å²) in [4.78, 5) is 24.3. The Hall–Kier alpha value is -2.04. The van der Waals surface area contributed by atoms with Crippen LogP contribution in [0.25, 0.3) is 0 Å². The van der Waals surface area contributed by atoms with Gasteiger partial charge in [0, 0.05) is 12.2 Å². The van der Waals surface area contributed by atoms with Gasteiger partial charge in [0.05, 0.1) is 12.5 Å². The molecule has 102 valence electrons. The molecule has 0 spiro atoms. The molecule has 1 unspecified atom stereocenters. The van der Waals surface area contributed by atoms with Gasteiger partial charge in [-0.2, -0.15) is 0 Å². The summed E-state index contributed by atoms with van der Waals surface area (Å²) in [5, 5.41) is 11.5. The first-order chi connectivity index (χ1) is 8.99. The van der Waals surface area contributed by atoms with Gasteiger partial charge in [0.25, 0.3) is 0 Å². The molecular formula is C14H18N2O3. The number of hydrogen-bond acceptors (Lipinski definition) is 2. The molecule has 1 heterocycles. The highest BCUT2D eigenvalue weighted by Gasteiger charge is 2.32. The third-order valence-electron chi connectivity index (χ3n) is 3.25. The first kappa shape index (κ1) is 13.4. The summed E-state index contributed by atoms with van der Waals surface area (Å²) in [5.74, 6) is -0.591. The summed E-state index contributed by atoms with van der Waals surface area (Å²) >= 11 is 0. The van der Waals surface area contributed by atoms with Crippen molar-refractivity contribution in [2.45, 2.75) is 32.2 Å². The van der Waals surface area contributed by atoms with Gasteiger partial charge in [-0.05, 0) is 17.5 Å². The number of urea groups is 1. The summed E-state index contributed by atoms with van der Waals surface area (Å²) in [6.07, 6.45) is -0.0495. The zero-order valence-corrected chi connectivity index (χ0v) is 11.1. The van der Waals surface area contributed by atoms with E-state index >= 15 is 0 Å². The van der Waals surface area contributed by atoms with E-state index in [9.17, 15) is 9.59 Å². The first-order valence-corrected chi connectivity index (χ1v) is 6.37. The number of rotatable bonds is 4. The van der Waals surface area contributed by atoms with Crippen molar-refractivity contribution in [1.82, 2.24) is 5.32 Å². The van der Waals surface area contributed by atoms with E-state index in [2.05, 4.69) is 19.2 Å². The van der Waals surface area contributed by atoms with Crippen LogP contribution >= 0.6 is 0 Å². The number of aliphatic carboxylic acids is 1. The molecule has 5 nitrogen and oxygen atoms in total. The number of amides is 2. The van der Waals surface area contributed by atoms with Gasteiger partial charge in [-0.25, -0.2) is 4.79 Å². The Morgan fingerprint density at radius 1 is 1.47 bits per heavy atom. The molecule has 1 aromatic carbocycles. The van der Waals surface area contributed by atoms with Crippen LogP contribution in [0.1, 0.15) is 31.7 Å². The Labute approximate surface area is 112 Å². The number of anilines is 1. The average Bonchev–Trinajstić information content (AvgIpc) is 2.69. The lowest BCUT2D eigenvalue weighted by Crippen LogP contribution is -2.29. The number of carbonyl (C=O) groups is 2. The quantitative estimate of drug-likeness (QED) is 0.873. The molecule has 0 bridgehead atoms. The summed E-state index contributed by atoms with van der Waals surface area (Å²) in [7, 11) is 0. The van der Waals surface area contributed by atoms with Crippen LogP contribution in [0.15, 0.2) is 24.3 Å². The second kappa shape index (κ2) is 5.30. The lowest BCUT2D eigenvalue weighted by atomic mass is 10.0. The van der Waals surface area contributed by atoms with Crippen molar-refractivity contribution < 1.29 is 14.7 Å². The molecule has 0 aliphatic carbocycles. The van der Waals surface area contributed by atoms with Gasteiger partial charge in [-0.15, -0.1) is 0 Å². The van der Waals surface area contributed by atoms with Crippen molar-refractivity contribution in [2.24, 2.45) is 0 Å². The number of para-hydroxylation sites is 1. The summed E-state index contributed by atoms with van der Waals surface area (Å²) in [6, 6.07) is 7.18. The van der Waals surface area contributed by atoms with Crippen molar-refractivity contribution in [1.29, 1.82) is 0 Å². The van der Waals surface area contributed by atoms with E-state index in [4.69, 9.17) is 5.11 Å². The molecular weight excluding hydrogens is 244 g/mol. The summed E-state index contributed by atoms with van der Waals surface area (Å²) in [5.41, 5.74) is 1.96. The molecule has 1 atom stereocenters. The Kier molecular flexibility index (Phi) is 3.74. The predicted octanol–water partition coefficient (Wildman–Crippen LogP) is 2.18. The highest BCUT2D eigenvalue weighted by Crippen LogP contribution is 2.29. The van der Waals surface area contributed by atoms with Gasteiger partial charge in [0.15, 0.2) is 0 Å². The molecule has 2 amide bonds. The molecule has 1 aromatic rings. The molecule has 2 N–H and O–H groups in total. The Balaban J connectivity index is 2.23. The second-order valence-corrected chi connectivity index (χ2v) is 5.07. The standard InChI is InChI=1S/C14H18N2O3/c1-9(2)11-5-3-4-6-12(11)16-8-10(7-13(17)18)15-14(16)19/h3-6,9-10H,7-8H2,1-2H3,(H,15,19)(H,17,18). The number of nitrogens with one attached hydrogen (secondary N) is 1. The fraction of sp³-hybridized carbons (Fsp3) is 0.429. The van der Waals surface area contributed by atoms with Crippen molar-refractivity contribution in [3.63, 3.8) is 0 Å². The van der Waals surface area contributed by atoms with Gasteiger partial charge < -0.3 is 10.4 Å². The lowest BCUT2D eigenvalue weighted by molar-refractivity contribution is -0.137. The van der Waals surface area contributed by atoms with Crippen molar-refractivity contribution in [3.8, 4) is 0 Å². The largest absolute Gasteiger partial charge is 0.481 e. The first-order valence-electron chi connectivity index (χ1n) is 6.37. The number of benzene rings is 1. The van der Waals surface area contributed by atoms with Crippen LogP contribution in [-0.4, -0.2) is 29.7 Å². The molecule has 0 radical (unpaired) electrons. The number of hydrogen-bond donors (Lipinski definition) is 2. The Bertz CT molecular complexity index is 499. The molecule has 1 fully saturated rings. The van der Waals surface area contributed by atoms with E-state index in [0.717, 1.165) is 11.3 Å². The zero-order chi connectivity index (χ0) is 14.0. The lowest BCUT2D eigenvalue weighted by Gasteiger charge is -2.20. The smallest absolute Gasteiger partial charge is 0.322 e. The maximum atomic E-state index is 12.0. The average molecular weight is 262 g/mol. The second-order valence-electron chi connectivity index (χ2n) is 5.07.